The van der Waals surface area contributed by atoms with Crippen molar-refractivity contribution in [3.63, 3.8) is 0 Å². The zero-order valence-corrected chi connectivity index (χ0v) is 15.1. The third-order valence-electron chi connectivity index (χ3n) is 3.55. The smallest absolute Gasteiger partial charge is 0.354 e. The Hall–Kier alpha value is -3.32. The lowest BCUT2D eigenvalue weighted by Crippen LogP contribution is -2.29. The average Bonchev–Trinajstić information content (AvgIpc) is 2.71. The van der Waals surface area contributed by atoms with Crippen LogP contribution in [0.5, 0.6) is 11.5 Å². The van der Waals surface area contributed by atoms with Crippen molar-refractivity contribution in [2.24, 2.45) is 0 Å². The molecule has 0 bridgehead atoms. The fraction of sp³-hybridized carbons (Fsp3) is 0.200. The van der Waals surface area contributed by atoms with Gasteiger partial charge in [-0.25, -0.2) is 4.79 Å². The summed E-state index contributed by atoms with van der Waals surface area (Å²) in [5.41, 5.74) is 0.923. The van der Waals surface area contributed by atoms with Crippen molar-refractivity contribution < 1.29 is 28.9 Å². The van der Waals surface area contributed by atoms with E-state index in [1.807, 2.05) is 0 Å². The topological polar surface area (TPSA) is 94.1 Å². The second kappa shape index (κ2) is 9.98. The van der Waals surface area contributed by atoms with Crippen molar-refractivity contribution in [1.82, 2.24) is 5.32 Å². The van der Waals surface area contributed by atoms with Gasteiger partial charge in [-0.1, -0.05) is 24.3 Å². The number of amides is 1. The standard InChI is InChI=1S/C20H21NO6/c1-25-17-9-8-14(13-18(17)26-2)12-16(20(24)27-11-10-22)21-19(23)15-6-4-3-5-7-15/h3-9,12-13,22H,10-11H2,1-2H3,(H,21,23)/b16-12-. The van der Waals surface area contributed by atoms with Crippen LogP contribution < -0.4 is 14.8 Å². The molecule has 142 valence electrons. The number of rotatable bonds is 8. The zero-order chi connectivity index (χ0) is 19.6. The number of nitrogens with one attached hydrogen (secondary N) is 1. The third kappa shape index (κ3) is 5.58. The van der Waals surface area contributed by atoms with E-state index in [9.17, 15) is 9.59 Å². The summed E-state index contributed by atoms with van der Waals surface area (Å²) in [5, 5.41) is 11.4. The largest absolute Gasteiger partial charge is 0.493 e. The van der Waals surface area contributed by atoms with Crippen molar-refractivity contribution in [1.29, 1.82) is 0 Å². The minimum Gasteiger partial charge on any atom is -0.493 e. The van der Waals surface area contributed by atoms with Crippen LogP contribution in [0.1, 0.15) is 15.9 Å². The number of aliphatic hydroxyl groups excluding tert-OH is 1. The van der Waals surface area contributed by atoms with Gasteiger partial charge in [-0.05, 0) is 35.9 Å². The van der Waals surface area contributed by atoms with Crippen molar-refractivity contribution in [3.8, 4) is 11.5 Å². The lowest BCUT2D eigenvalue weighted by Gasteiger charge is -2.11. The molecule has 2 aromatic carbocycles. The maximum absolute atomic E-state index is 12.4. The van der Waals surface area contributed by atoms with Gasteiger partial charge in [0.2, 0.25) is 0 Å². The van der Waals surface area contributed by atoms with Crippen molar-refractivity contribution >= 4 is 18.0 Å². The quantitative estimate of drug-likeness (QED) is 0.545. The average molecular weight is 371 g/mol. The number of ether oxygens (including phenoxy) is 3. The molecule has 7 heteroatoms. The van der Waals surface area contributed by atoms with Gasteiger partial charge in [0, 0.05) is 5.56 Å². The first-order valence-electron chi connectivity index (χ1n) is 8.17. The van der Waals surface area contributed by atoms with Gasteiger partial charge < -0.3 is 24.6 Å². The second-order valence-electron chi connectivity index (χ2n) is 5.35. The van der Waals surface area contributed by atoms with Gasteiger partial charge in [0.1, 0.15) is 12.3 Å². The van der Waals surface area contributed by atoms with Gasteiger partial charge in [0.15, 0.2) is 11.5 Å². The molecule has 0 radical (unpaired) electrons. The molecule has 7 nitrogen and oxygen atoms in total. The number of hydrogen-bond acceptors (Lipinski definition) is 6. The molecule has 0 aliphatic carbocycles. The fourth-order valence-electron chi connectivity index (χ4n) is 2.26. The van der Waals surface area contributed by atoms with Crippen molar-refractivity contribution in [3.05, 3.63) is 65.4 Å². The maximum Gasteiger partial charge on any atom is 0.354 e. The van der Waals surface area contributed by atoms with Gasteiger partial charge in [-0.15, -0.1) is 0 Å². The minimum absolute atomic E-state index is 0.0653. The predicted molar refractivity (Wildman–Crippen MR) is 99.5 cm³/mol. The normalized spacial score (nSPS) is 10.9. The van der Waals surface area contributed by atoms with Crippen LogP contribution in [-0.2, 0) is 9.53 Å². The van der Waals surface area contributed by atoms with Gasteiger partial charge >= 0.3 is 5.97 Å². The molecule has 0 saturated heterocycles. The predicted octanol–water partition coefficient (Wildman–Crippen LogP) is 2.01. The van der Waals surface area contributed by atoms with Crippen LogP contribution in [0.25, 0.3) is 6.08 Å². The molecule has 0 aromatic heterocycles. The summed E-state index contributed by atoms with van der Waals surface area (Å²) >= 11 is 0. The van der Waals surface area contributed by atoms with Crippen LogP contribution in [0.4, 0.5) is 0 Å². The zero-order valence-electron chi connectivity index (χ0n) is 15.1. The number of carbonyl (C=O) groups is 2. The van der Waals surface area contributed by atoms with Crippen LogP contribution in [0, 0.1) is 0 Å². The lowest BCUT2D eigenvalue weighted by atomic mass is 10.1. The van der Waals surface area contributed by atoms with E-state index in [-0.39, 0.29) is 18.9 Å². The summed E-state index contributed by atoms with van der Waals surface area (Å²) in [6, 6.07) is 13.5. The molecule has 1 amide bonds. The van der Waals surface area contributed by atoms with Crippen LogP contribution in [0.15, 0.2) is 54.2 Å². The molecule has 2 rings (SSSR count). The summed E-state index contributed by atoms with van der Waals surface area (Å²) in [7, 11) is 3.02. The van der Waals surface area contributed by atoms with Gasteiger partial charge in [-0.2, -0.15) is 0 Å². The molecule has 2 aromatic rings. The molecule has 27 heavy (non-hydrogen) atoms. The number of methoxy groups -OCH3 is 2. The van der Waals surface area contributed by atoms with Crippen LogP contribution in [-0.4, -0.2) is 44.4 Å². The highest BCUT2D eigenvalue weighted by Crippen LogP contribution is 2.28. The first kappa shape index (κ1) is 20.0. The van der Waals surface area contributed by atoms with Crippen LogP contribution in [0.2, 0.25) is 0 Å². The molecule has 2 N–H and O–H groups in total. The van der Waals surface area contributed by atoms with Gasteiger partial charge in [0.25, 0.3) is 5.91 Å². The highest BCUT2D eigenvalue weighted by Gasteiger charge is 2.16. The lowest BCUT2D eigenvalue weighted by molar-refractivity contribution is -0.140. The molecule has 0 saturated carbocycles. The highest BCUT2D eigenvalue weighted by atomic mass is 16.5. The Morgan fingerprint density at radius 2 is 1.74 bits per heavy atom. The molecule has 0 heterocycles. The highest BCUT2D eigenvalue weighted by molar-refractivity contribution is 6.03. The second-order valence-corrected chi connectivity index (χ2v) is 5.35. The Labute approximate surface area is 157 Å². The summed E-state index contributed by atoms with van der Waals surface area (Å²) in [6.07, 6.45) is 1.46. The summed E-state index contributed by atoms with van der Waals surface area (Å²) in [4.78, 5) is 24.7. The Balaban J connectivity index is 2.32. The monoisotopic (exact) mass is 371 g/mol. The van der Waals surface area contributed by atoms with Crippen LogP contribution >= 0.6 is 0 Å². The molecule has 0 spiro atoms. The Morgan fingerprint density at radius 3 is 2.37 bits per heavy atom. The molecular formula is C20H21NO6. The maximum atomic E-state index is 12.4. The molecule has 0 unspecified atom stereocenters. The molecular weight excluding hydrogens is 350 g/mol. The van der Waals surface area contributed by atoms with E-state index < -0.39 is 11.9 Å². The fourth-order valence-corrected chi connectivity index (χ4v) is 2.26. The van der Waals surface area contributed by atoms with Gasteiger partial charge in [0.05, 0.1) is 20.8 Å². The van der Waals surface area contributed by atoms with E-state index >= 15 is 0 Å². The Morgan fingerprint density at radius 1 is 1.04 bits per heavy atom. The van der Waals surface area contributed by atoms with E-state index in [2.05, 4.69) is 5.32 Å². The third-order valence-corrected chi connectivity index (χ3v) is 3.55. The number of benzene rings is 2. The van der Waals surface area contributed by atoms with E-state index in [4.69, 9.17) is 19.3 Å². The summed E-state index contributed by atoms with van der Waals surface area (Å²) in [5.74, 6) is -0.206. The number of hydrogen-bond donors (Lipinski definition) is 2. The van der Waals surface area contributed by atoms with E-state index in [0.29, 0.717) is 22.6 Å². The molecule has 0 aliphatic rings. The Bertz CT molecular complexity index is 816. The first-order chi connectivity index (χ1) is 13.1. The van der Waals surface area contributed by atoms with E-state index in [1.165, 1.54) is 20.3 Å². The van der Waals surface area contributed by atoms with Crippen molar-refractivity contribution in [2.45, 2.75) is 0 Å². The number of aliphatic hydroxyl groups is 1. The summed E-state index contributed by atoms with van der Waals surface area (Å²) in [6.45, 7) is -0.495. The summed E-state index contributed by atoms with van der Waals surface area (Å²) < 4.78 is 15.4. The molecule has 0 aliphatic heterocycles. The van der Waals surface area contributed by atoms with E-state index in [1.54, 1.807) is 48.5 Å². The number of carbonyl (C=O) groups excluding carboxylic acids is 2. The minimum atomic E-state index is -0.761. The van der Waals surface area contributed by atoms with E-state index in [0.717, 1.165) is 0 Å². The number of esters is 1. The van der Waals surface area contributed by atoms with Crippen molar-refractivity contribution in [2.75, 3.05) is 27.4 Å². The Kier molecular flexibility index (Phi) is 7.39. The van der Waals surface area contributed by atoms with Crippen LogP contribution in [0.3, 0.4) is 0 Å². The molecule has 0 atom stereocenters. The van der Waals surface area contributed by atoms with Gasteiger partial charge in [-0.3, -0.25) is 4.79 Å². The molecule has 0 fully saturated rings. The first-order valence-corrected chi connectivity index (χ1v) is 8.17. The SMILES string of the molecule is COc1ccc(/C=C(\NC(=O)c2ccccc2)C(=O)OCCO)cc1OC.